The molecule has 0 N–H and O–H groups in total. The van der Waals surface area contributed by atoms with E-state index in [4.69, 9.17) is 15.0 Å². The van der Waals surface area contributed by atoms with Gasteiger partial charge in [0.25, 0.3) is 0 Å². The van der Waals surface area contributed by atoms with Crippen molar-refractivity contribution in [3.05, 3.63) is 150 Å². The van der Waals surface area contributed by atoms with Gasteiger partial charge in [0.05, 0.1) is 23.3 Å². The molecule has 5 heteroatoms. The van der Waals surface area contributed by atoms with Crippen LogP contribution in [0.25, 0.3) is 67.2 Å². The average molecular weight is 712 g/mol. The Morgan fingerprint density at radius 2 is 1.00 bits per heavy atom. The van der Waals surface area contributed by atoms with Crippen molar-refractivity contribution in [2.75, 3.05) is 0 Å². The van der Waals surface area contributed by atoms with Gasteiger partial charge in [0.15, 0.2) is 17.5 Å². The SMILES string of the molecule is C[C@@H]1C[C@@H]2C[C@H](C)CC(c3ccc(-c4cc(-c5ccc(C#N)cc5)cc(-c5nc(-c6ccccc6)nc(-c6ccc(C#N)cc6)n5)c4)c4ccccc34)(C1)C2. The highest BCUT2D eigenvalue weighted by atomic mass is 15.0. The summed E-state index contributed by atoms with van der Waals surface area (Å²) in [5.74, 6) is 3.93. The molecular formula is C50H41N5. The Balaban J connectivity index is 1.25. The molecule has 9 rings (SSSR count). The molecular weight excluding hydrogens is 671 g/mol. The molecule has 0 spiro atoms. The lowest BCUT2D eigenvalue weighted by Gasteiger charge is -2.51. The van der Waals surface area contributed by atoms with E-state index in [9.17, 15) is 10.5 Å². The molecule has 55 heavy (non-hydrogen) atoms. The first-order valence-electron chi connectivity index (χ1n) is 19.4. The van der Waals surface area contributed by atoms with E-state index in [-0.39, 0.29) is 5.41 Å². The van der Waals surface area contributed by atoms with Crippen molar-refractivity contribution in [1.82, 2.24) is 15.0 Å². The first kappa shape index (κ1) is 34.3. The van der Waals surface area contributed by atoms with Crippen LogP contribution < -0.4 is 0 Å². The summed E-state index contributed by atoms with van der Waals surface area (Å²) in [7, 11) is 0. The molecule has 2 saturated carbocycles. The lowest BCUT2D eigenvalue weighted by Crippen LogP contribution is -2.42. The van der Waals surface area contributed by atoms with E-state index in [1.807, 2.05) is 66.7 Å². The maximum Gasteiger partial charge on any atom is 0.164 e. The van der Waals surface area contributed by atoms with E-state index in [0.29, 0.717) is 28.6 Å². The van der Waals surface area contributed by atoms with Crippen LogP contribution in [0.4, 0.5) is 0 Å². The number of rotatable bonds is 6. The molecule has 2 aliphatic carbocycles. The second kappa shape index (κ2) is 14.1. The molecule has 6 aromatic carbocycles. The van der Waals surface area contributed by atoms with Crippen molar-refractivity contribution in [2.45, 2.75) is 51.4 Å². The monoisotopic (exact) mass is 711 g/mol. The van der Waals surface area contributed by atoms with E-state index in [0.717, 1.165) is 51.1 Å². The minimum Gasteiger partial charge on any atom is -0.208 e. The number of nitrogens with zero attached hydrogens (tertiary/aromatic N) is 5. The molecule has 0 aliphatic heterocycles. The summed E-state index contributed by atoms with van der Waals surface area (Å²) >= 11 is 0. The molecule has 0 amide bonds. The van der Waals surface area contributed by atoms with Crippen LogP contribution >= 0.6 is 0 Å². The van der Waals surface area contributed by atoms with Gasteiger partial charge in [-0.2, -0.15) is 10.5 Å². The fourth-order valence-electron chi connectivity index (χ4n) is 9.91. The van der Waals surface area contributed by atoms with Gasteiger partial charge < -0.3 is 0 Å². The molecule has 1 unspecified atom stereocenters. The topological polar surface area (TPSA) is 86.2 Å². The highest BCUT2D eigenvalue weighted by Crippen LogP contribution is 2.55. The highest BCUT2D eigenvalue weighted by Gasteiger charge is 2.45. The number of hydrogen-bond acceptors (Lipinski definition) is 5. The fraction of sp³-hybridized carbons (Fsp3) is 0.220. The first-order valence-corrected chi connectivity index (χ1v) is 19.4. The highest BCUT2D eigenvalue weighted by molar-refractivity contribution is 6.00. The number of aromatic nitrogens is 3. The van der Waals surface area contributed by atoms with E-state index in [1.165, 1.54) is 54.0 Å². The lowest BCUT2D eigenvalue weighted by atomic mass is 9.54. The molecule has 7 aromatic rings. The van der Waals surface area contributed by atoms with Crippen molar-refractivity contribution in [1.29, 1.82) is 10.5 Å². The third-order valence-corrected chi connectivity index (χ3v) is 11.9. The van der Waals surface area contributed by atoms with Gasteiger partial charge in [0.1, 0.15) is 0 Å². The Kier molecular flexibility index (Phi) is 8.80. The molecule has 2 fully saturated rings. The van der Waals surface area contributed by atoms with Crippen LogP contribution in [0.1, 0.15) is 62.6 Å². The molecule has 0 radical (unpaired) electrons. The lowest BCUT2D eigenvalue weighted by molar-refractivity contribution is 0.0790. The largest absolute Gasteiger partial charge is 0.208 e. The number of nitriles is 2. The number of benzene rings is 6. The van der Waals surface area contributed by atoms with E-state index < -0.39 is 0 Å². The Labute approximate surface area is 323 Å². The summed E-state index contributed by atoms with van der Waals surface area (Å²) in [6.45, 7) is 4.92. The van der Waals surface area contributed by atoms with Crippen molar-refractivity contribution in [3.63, 3.8) is 0 Å². The summed E-state index contributed by atoms with van der Waals surface area (Å²) in [4.78, 5) is 15.1. The van der Waals surface area contributed by atoms with Crippen LogP contribution in [0.3, 0.4) is 0 Å². The molecule has 1 aromatic heterocycles. The molecule has 266 valence electrons. The normalized spacial score (nSPS) is 20.4. The van der Waals surface area contributed by atoms with E-state index >= 15 is 0 Å². The van der Waals surface area contributed by atoms with Crippen LogP contribution in [0, 0.1) is 40.4 Å². The summed E-state index contributed by atoms with van der Waals surface area (Å²) in [6, 6.07) is 50.0. The van der Waals surface area contributed by atoms with Crippen molar-refractivity contribution in [2.24, 2.45) is 17.8 Å². The van der Waals surface area contributed by atoms with Gasteiger partial charge in [-0.05, 0) is 148 Å². The maximum absolute atomic E-state index is 9.57. The molecule has 1 heterocycles. The third kappa shape index (κ3) is 6.58. The van der Waals surface area contributed by atoms with Crippen molar-refractivity contribution >= 4 is 10.8 Å². The Hall–Kier alpha value is -6.43. The average Bonchev–Trinajstić information content (AvgIpc) is 3.22. The molecule has 5 nitrogen and oxygen atoms in total. The molecule has 2 aliphatic rings. The van der Waals surface area contributed by atoms with Crippen LogP contribution in [-0.4, -0.2) is 15.0 Å². The van der Waals surface area contributed by atoms with E-state index in [2.05, 4.69) is 80.6 Å². The second-order valence-corrected chi connectivity index (χ2v) is 16.0. The predicted octanol–water partition coefficient (Wildman–Crippen LogP) is 12.2. The molecule has 4 atom stereocenters. The fourth-order valence-corrected chi connectivity index (χ4v) is 9.91. The standard InChI is InChI=1S/C50H41N5/c1-32-22-36-23-33(2)28-50(27-32,29-36)46-21-20-43(44-10-6-7-11-45(44)46)41-24-40(37-16-12-34(30-51)13-17-37)25-42(26-41)49-54-47(38-8-4-3-5-9-38)53-48(55-49)39-18-14-35(31-52)15-19-39/h3-21,24-26,32-33,36H,22-23,27-29H2,1-2H3/t32-,33+,36-,50?. The van der Waals surface area contributed by atoms with Crippen molar-refractivity contribution in [3.8, 4) is 68.6 Å². The maximum atomic E-state index is 9.57. The summed E-state index contributed by atoms with van der Waals surface area (Å²) < 4.78 is 0. The second-order valence-electron chi connectivity index (χ2n) is 16.0. The number of fused-ring (bicyclic) bond motifs is 3. The smallest absolute Gasteiger partial charge is 0.164 e. The van der Waals surface area contributed by atoms with Gasteiger partial charge in [-0.25, -0.2) is 15.0 Å². The zero-order valence-electron chi connectivity index (χ0n) is 31.2. The summed E-state index contributed by atoms with van der Waals surface area (Å²) in [5.41, 5.74) is 9.73. The van der Waals surface area contributed by atoms with Crippen LogP contribution in [-0.2, 0) is 5.41 Å². The predicted molar refractivity (Wildman–Crippen MR) is 221 cm³/mol. The minimum absolute atomic E-state index is 0.203. The zero-order valence-corrected chi connectivity index (χ0v) is 31.2. The summed E-state index contributed by atoms with van der Waals surface area (Å²) in [6.07, 6.45) is 6.49. The molecule has 0 saturated heterocycles. The van der Waals surface area contributed by atoms with Gasteiger partial charge >= 0.3 is 0 Å². The Morgan fingerprint density at radius 3 is 1.62 bits per heavy atom. The number of hydrogen-bond donors (Lipinski definition) is 0. The van der Waals surface area contributed by atoms with Crippen LogP contribution in [0.5, 0.6) is 0 Å². The minimum atomic E-state index is 0.203. The zero-order chi connectivity index (χ0) is 37.5. The van der Waals surface area contributed by atoms with Crippen LogP contribution in [0.15, 0.2) is 133 Å². The van der Waals surface area contributed by atoms with Crippen molar-refractivity contribution < 1.29 is 0 Å². The Morgan fingerprint density at radius 1 is 0.491 bits per heavy atom. The van der Waals surface area contributed by atoms with Gasteiger partial charge in [0.2, 0.25) is 0 Å². The van der Waals surface area contributed by atoms with Gasteiger partial charge in [-0.1, -0.05) is 92.7 Å². The van der Waals surface area contributed by atoms with E-state index in [1.54, 1.807) is 12.1 Å². The first-order chi connectivity index (χ1) is 26.9. The van der Waals surface area contributed by atoms with Gasteiger partial charge in [-0.3, -0.25) is 0 Å². The molecule has 2 bridgehead atoms. The van der Waals surface area contributed by atoms with Crippen LogP contribution in [0.2, 0.25) is 0 Å². The van der Waals surface area contributed by atoms with Gasteiger partial charge in [-0.15, -0.1) is 0 Å². The quantitative estimate of drug-likeness (QED) is 0.171. The Bertz CT molecular complexity index is 2610. The third-order valence-electron chi connectivity index (χ3n) is 11.9. The summed E-state index contributed by atoms with van der Waals surface area (Å²) in [5, 5.41) is 21.6. The van der Waals surface area contributed by atoms with Gasteiger partial charge in [0, 0.05) is 16.7 Å².